The van der Waals surface area contributed by atoms with Crippen LogP contribution < -0.4 is 11.2 Å². The van der Waals surface area contributed by atoms with Crippen LogP contribution in [0.15, 0.2) is 28.7 Å². The molecule has 0 heterocycles. The van der Waals surface area contributed by atoms with Gasteiger partial charge in [0.1, 0.15) is 6.04 Å². The third-order valence-electron chi connectivity index (χ3n) is 1.86. The van der Waals surface area contributed by atoms with Crippen LogP contribution in [0.25, 0.3) is 0 Å². The van der Waals surface area contributed by atoms with E-state index in [-0.39, 0.29) is 5.91 Å². The molecule has 0 aliphatic carbocycles. The third kappa shape index (κ3) is 3.30. The van der Waals surface area contributed by atoms with Crippen molar-refractivity contribution in [3.63, 3.8) is 0 Å². The second-order valence-corrected chi connectivity index (χ2v) is 4.22. The van der Waals surface area contributed by atoms with Crippen molar-refractivity contribution in [2.24, 2.45) is 5.73 Å². The highest BCUT2D eigenvalue weighted by Crippen LogP contribution is 2.21. The second-order valence-electron chi connectivity index (χ2n) is 3.37. The maximum Gasteiger partial charge on any atom is 0.255 e. The van der Waals surface area contributed by atoms with Gasteiger partial charge in [0.05, 0.1) is 0 Å². The second kappa shape index (κ2) is 5.25. The Morgan fingerprint density at radius 1 is 1.47 bits per heavy atom. The molecule has 0 bridgehead atoms. The van der Waals surface area contributed by atoms with Crippen molar-refractivity contribution >= 4 is 21.8 Å². The highest BCUT2D eigenvalue weighted by molar-refractivity contribution is 9.10. The summed E-state index contributed by atoms with van der Waals surface area (Å²) in [7, 11) is 3.48. The number of rotatable bonds is 3. The van der Waals surface area contributed by atoms with E-state index in [1.165, 1.54) is 0 Å². The Morgan fingerprint density at radius 2 is 2.07 bits per heavy atom. The quantitative estimate of drug-likeness (QED) is 0.808. The molecule has 0 aliphatic heterocycles. The highest BCUT2D eigenvalue weighted by Gasteiger charge is 2.17. The summed E-state index contributed by atoms with van der Waals surface area (Å²) in [6.07, 6.45) is 0. The molecule has 1 aromatic carbocycles. The Kier molecular flexibility index (Phi) is 4.26. The Bertz CT molecular complexity index is 354. The average Bonchev–Trinajstić information content (AvgIpc) is 2.16. The predicted molar refractivity (Wildman–Crippen MR) is 62.9 cm³/mol. The topological polar surface area (TPSA) is 58.4 Å². The normalized spacial score (nSPS) is 12.6. The van der Waals surface area contributed by atoms with Crippen LogP contribution in [0.4, 0.5) is 0 Å². The fraction of sp³-hybridized carbons (Fsp3) is 0.300. The number of hydrogen-bond donors (Lipinski definition) is 2. The number of nitrogens with zero attached hydrogens (tertiary/aromatic N) is 1. The van der Waals surface area contributed by atoms with Crippen LogP contribution in [0.1, 0.15) is 11.6 Å². The molecule has 3 N–H and O–H groups in total. The van der Waals surface area contributed by atoms with Gasteiger partial charge in [0.2, 0.25) is 0 Å². The van der Waals surface area contributed by atoms with Crippen LogP contribution in [0, 0.1) is 0 Å². The standard InChI is InChI=1S/C10H14BrN3O/c1-14(2)13-10(15)9(12)7-5-3-4-6-8(7)11/h3-6,9H,12H2,1-2H3,(H,13,15). The summed E-state index contributed by atoms with van der Waals surface area (Å²) >= 11 is 3.36. The van der Waals surface area contributed by atoms with Crippen LogP contribution in [-0.2, 0) is 4.79 Å². The summed E-state index contributed by atoms with van der Waals surface area (Å²) in [6, 6.07) is 6.75. The predicted octanol–water partition coefficient (Wildman–Crippen LogP) is 1.04. The van der Waals surface area contributed by atoms with Gasteiger partial charge in [-0.1, -0.05) is 34.1 Å². The van der Waals surface area contributed by atoms with Gasteiger partial charge in [0.15, 0.2) is 0 Å². The third-order valence-corrected chi connectivity index (χ3v) is 2.58. The maximum absolute atomic E-state index is 11.6. The van der Waals surface area contributed by atoms with Crippen LogP contribution >= 0.6 is 15.9 Å². The smallest absolute Gasteiger partial charge is 0.255 e. The van der Waals surface area contributed by atoms with E-state index in [1.807, 2.05) is 24.3 Å². The molecular weight excluding hydrogens is 258 g/mol. The van der Waals surface area contributed by atoms with Crippen molar-refractivity contribution in [3.05, 3.63) is 34.3 Å². The van der Waals surface area contributed by atoms with Crippen molar-refractivity contribution in [1.82, 2.24) is 10.4 Å². The van der Waals surface area contributed by atoms with E-state index < -0.39 is 6.04 Å². The minimum absolute atomic E-state index is 0.230. The molecule has 0 saturated heterocycles. The molecule has 1 rings (SSSR count). The number of nitrogens with two attached hydrogens (primary N) is 1. The molecule has 0 fully saturated rings. The Morgan fingerprint density at radius 3 is 2.60 bits per heavy atom. The number of hydrogen-bond acceptors (Lipinski definition) is 3. The monoisotopic (exact) mass is 271 g/mol. The number of benzene rings is 1. The molecule has 0 spiro atoms. The zero-order valence-electron chi connectivity index (χ0n) is 8.70. The fourth-order valence-corrected chi connectivity index (χ4v) is 1.69. The summed E-state index contributed by atoms with van der Waals surface area (Å²) in [5.41, 5.74) is 9.21. The molecule has 0 saturated carbocycles. The van der Waals surface area contributed by atoms with Gasteiger partial charge in [-0.25, -0.2) is 5.01 Å². The van der Waals surface area contributed by atoms with Crippen molar-refractivity contribution in [2.75, 3.05) is 14.1 Å². The first-order chi connectivity index (χ1) is 7.02. The lowest BCUT2D eigenvalue weighted by Gasteiger charge is -2.17. The summed E-state index contributed by atoms with van der Waals surface area (Å²) in [5.74, 6) is -0.230. The number of amides is 1. The van der Waals surface area contributed by atoms with Gasteiger partial charge < -0.3 is 5.73 Å². The Labute approximate surface area is 97.5 Å². The van der Waals surface area contributed by atoms with E-state index in [1.54, 1.807) is 19.1 Å². The molecule has 15 heavy (non-hydrogen) atoms. The van der Waals surface area contributed by atoms with Gasteiger partial charge >= 0.3 is 0 Å². The van der Waals surface area contributed by atoms with Gasteiger partial charge in [-0.15, -0.1) is 0 Å². The van der Waals surface area contributed by atoms with E-state index in [4.69, 9.17) is 5.73 Å². The maximum atomic E-state index is 11.6. The first-order valence-electron chi connectivity index (χ1n) is 4.50. The summed E-state index contributed by atoms with van der Waals surface area (Å²) in [4.78, 5) is 11.6. The summed E-state index contributed by atoms with van der Waals surface area (Å²) < 4.78 is 0.839. The van der Waals surface area contributed by atoms with Crippen molar-refractivity contribution in [3.8, 4) is 0 Å². The lowest BCUT2D eigenvalue weighted by molar-refractivity contribution is -0.126. The molecule has 82 valence electrons. The van der Waals surface area contributed by atoms with Crippen LogP contribution in [0.5, 0.6) is 0 Å². The lowest BCUT2D eigenvalue weighted by Crippen LogP contribution is -2.42. The first-order valence-corrected chi connectivity index (χ1v) is 5.29. The number of hydrazine groups is 1. The number of carbonyl (C=O) groups excluding carboxylic acids is 1. The van der Waals surface area contributed by atoms with Gasteiger partial charge in [-0.2, -0.15) is 0 Å². The summed E-state index contributed by atoms with van der Waals surface area (Å²) in [5, 5.41) is 1.57. The zero-order valence-corrected chi connectivity index (χ0v) is 10.3. The van der Waals surface area contributed by atoms with Crippen LogP contribution in [0.3, 0.4) is 0 Å². The van der Waals surface area contributed by atoms with E-state index in [0.29, 0.717) is 0 Å². The van der Waals surface area contributed by atoms with Gasteiger partial charge in [0, 0.05) is 18.6 Å². The lowest BCUT2D eigenvalue weighted by atomic mass is 10.1. The molecule has 1 atom stereocenters. The molecule has 1 amide bonds. The largest absolute Gasteiger partial charge is 0.316 e. The Hall–Kier alpha value is -0.910. The van der Waals surface area contributed by atoms with Crippen molar-refractivity contribution in [1.29, 1.82) is 0 Å². The number of nitrogens with one attached hydrogen (secondary N) is 1. The number of halogens is 1. The molecular formula is C10H14BrN3O. The molecule has 0 aromatic heterocycles. The zero-order chi connectivity index (χ0) is 11.4. The Balaban J connectivity index is 2.81. The minimum atomic E-state index is -0.664. The highest BCUT2D eigenvalue weighted by atomic mass is 79.9. The average molecular weight is 272 g/mol. The fourth-order valence-electron chi connectivity index (χ4n) is 1.16. The van der Waals surface area contributed by atoms with E-state index in [0.717, 1.165) is 10.0 Å². The molecule has 1 unspecified atom stereocenters. The minimum Gasteiger partial charge on any atom is -0.316 e. The SMILES string of the molecule is CN(C)NC(=O)C(N)c1ccccc1Br. The van der Waals surface area contributed by atoms with Gasteiger partial charge in [0.25, 0.3) is 5.91 Å². The van der Waals surface area contributed by atoms with Crippen LogP contribution in [-0.4, -0.2) is 25.0 Å². The summed E-state index contributed by atoms with van der Waals surface area (Å²) in [6.45, 7) is 0. The molecule has 1 aromatic rings. The van der Waals surface area contributed by atoms with Crippen LogP contribution in [0.2, 0.25) is 0 Å². The van der Waals surface area contributed by atoms with E-state index >= 15 is 0 Å². The number of carbonyl (C=O) groups is 1. The molecule has 0 aliphatic rings. The van der Waals surface area contributed by atoms with Gasteiger partial charge in [-0.05, 0) is 11.6 Å². The molecule has 0 radical (unpaired) electrons. The van der Waals surface area contributed by atoms with Crippen molar-refractivity contribution < 1.29 is 4.79 Å². The molecule has 5 heteroatoms. The van der Waals surface area contributed by atoms with E-state index in [2.05, 4.69) is 21.4 Å². The van der Waals surface area contributed by atoms with Gasteiger partial charge in [-0.3, -0.25) is 10.2 Å². The molecule has 4 nitrogen and oxygen atoms in total. The van der Waals surface area contributed by atoms with E-state index in [9.17, 15) is 4.79 Å². The first kappa shape index (κ1) is 12.2. The van der Waals surface area contributed by atoms with Crippen molar-refractivity contribution in [2.45, 2.75) is 6.04 Å².